The number of nitrogen functional groups attached to an aromatic ring is 2. The van der Waals surface area contributed by atoms with Crippen molar-refractivity contribution in [1.29, 1.82) is 0 Å². The third kappa shape index (κ3) is 9.28. The van der Waals surface area contributed by atoms with Crippen LogP contribution in [0.1, 0.15) is 41.7 Å². The van der Waals surface area contributed by atoms with Gasteiger partial charge in [-0.05, 0) is 37.1 Å². The largest absolute Gasteiger partial charge is 0.481 e. The van der Waals surface area contributed by atoms with E-state index >= 15 is 0 Å². The first-order valence-electron chi connectivity index (χ1n) is 12.9. The molecule has 0 spiro atoms. The van der Waals surface area contributed by atoms with Crippen molar-refractivity contribution in [2.75, 3.05) is 30.0 Å². The fourth-order valence-electron chi connectivity index (χ4n) is 4.01. The average molecular weight is 598 g/mol. The molecule has 3 rings (SSSR count). The molecule has 9 N–H and O–H groups in total. The van der Waals surface area contributed by atoms with Crippen molar-refractivity contribution >= 4 is 58.2 Å². The maximum absolute atomic E-state index is 12.9. The fourth-order valence-corrected chi connectivity index (χ4v) is 4.01. The Morgan fingerprint density at radius 1 is 0.907 bits per heavy atom. The molecule has 0 saturated heterocycles. The summed E-state index contributed by atoms with van der Waals surface area (Å²) in [6, 6.07) is 3.82. The second kappa shape index (κ2) is 14.4. The molecule has 1 unspecified atom stereocenters. The number of carbonyl (C=O) groups is 5. The average Bonchev–Trinajstić information content (AvgIpc) is 2.94. The van der Waals surface area contributed by atoms with E-state index in [-0.39, 0.29) is 35.8 Å². The SMILES string of the molecule is CN(Cc1cnc2nc(N)nc(N)c2n1)c1ccc(C(=O)NC(CCC(=O)O)C(=O)CN[C@@H](CCC(=O)O)C(=O)O)cc1. The summed E-state index contributed by atoms with van der Waals surface area (Å²) in [6.07, 6.45) is 0.169. The van der Waals surface area contributed by atoms with Crippen molar-refractivity contribution in [3.8, 4) is 0 Å². The monoisotopic (exact) mass is 597 g/mol. The quantitative estimate of drug-likeness (QED) is 0.111. The topological polar surface area (TPSA) is 277 Å². The van der Waals surface area contributed by atoms with Crippen LogP contribution < -0.4 is 27.0 Å². The molecule has 1 amide bonds. The summed E-state index contributed by atoms with van der Waals surface area (Å²) in [7, 11) is 1.79. The maximum atomic E-state index is 12.9. The number of hydrogen-bond acceptors (Lipinski definition) is 13. The van der Waals surface area contributed by atoms with E-state index in [2.05, 4.69) is 30.6 Å². The van der Waals surface area contributed by atoms with Crippen LogP contribution in [0, 0.1) is 0 Å². The van der Waals surface area contributed by atoms with Gasteiger partial charge in [-0.2, -0.15) is 9.97 Å². The van der Waals surface area contributed by atoms with Crippen LogP contribution >= 0.6 is 0 Å². The smallest absolute Gasteiger partial charge is 0.320 e. The molecule has 17 heteroatoms. The molecule has 2 heterocycles. The number of nitrogens with zero attached hydrogens (tertiary/aromatic N) is 5. The highest BCUT2D eigenvalue weighted by Gasteiger charge is 2.25. The molecule has 0 aliphatic heterocycles. The minimum Gasteiger partial charge on any atom is -0.481 e. The number of carboxylic acid groups (broad SMARTS) is 3. The molecule has 2 atom stereocenters. The van der Waals surface area contributed by atoms with Gasteiger partial charge in [0.2, 0.25) is 5.95 Å². The first-order valence-corrected chi connectivity index (χ1v) is 12.9. The zero-order valence-corrected chi connectivity index (χ0v) is 23.1. The van der Waals surface area contributed by atoms with Gasteiger partial charge in [0, 0.05) is 31.1 Å². The van der Waals surface area contributed by atoms with Crippen LogP contribution in [0.5, 0.6) is 0 Å². The number of carbonyl (C=O) groups excluding carboxylic acids is 2. The Morgan fingerprint density at radius 3 is 2.14 bits per heavy atom. The van der Waals surface area contributed by atoms with E-state index in [9.17, 15) is 29.1 Å². The normalized spacial score (nSPS) is 12.3. The summed E-state index contributed by atoms with van der Waals surface area (Å²) in [5.41, 5.74) is 13.5. The van der Waals surface area contributed by atoms with Gasteiger partial charge in [-0.25, -0.2) is 9.97 Å². The number of anilines is 3. The number of amides is 1. The van der Waals surface area contributed by atoms with E-state index in [1.807, 2.05) is 4.90 Å². The van der Waals surface area contributed by atoms with Gasteiger partial charge in [-0.15, -0.1) is 0 Å². The Morgan fingerprint density at radius 2 is 1.53 bits per heavy atom. The van der Waals surface area contributed by atoms with Gasteiger partial charge in [-0.1, -0.05) is 0 Å². The number of aromatic nitrogens is 4. The highest BCUT2D eigenvalue weighted by molar-refractivity contribution is 5.98. The van der Waals surface area contributed by atoms with Gasteiger partial charge in [0.25, 0.3) is 5.91 Å². The Balaban J connectivity index is 1.65. The number of fused-ring (bicyclic) bond motifs is 1. The van der Waals surface area contributed by atoms with Crippen LogP contribution in [-0.4, -0.2) is 90.5 Å². The van der Waals surface area contributed by atoms with E-state index in [1.165, 1.54) is 18.3 Å². The van der Waals surface area contributed by atoms with E-state index < -0.39 is 61.1 Å². The van der Waals surface area contributed by atoms with Crippen LogP contribution in [0.3, 0.4) is 0 Å². The van der Waals surface area contributed by atoms with Crippen molar-refractivity contribution in [1.82, 2.24) is 30.6 Å². The second-order valence-electron chi connectivity index (χ2n) is 9.53. The van der Waals surface area contributed by atoms with Gasteiger partial charge in [-0.3, -0.25) is 29.3 Å². The number of rotatable bonds is 16. The van der Waals surface area contributed by atoms with E-state index in [0.29, 0.717) is 23.4 Å². The van der Waals surface area contributed by atoms with Gasteiger partial charge in [0.05, 0.1) is 31.0 Å². The molecule has 228 valence electrons. The predicted octanol–water partition coefficient (Wildman–Crippen LogP) is -0.339. The van der Waals surface area contributed by atoms with Crippen LogP contribution in [0.2, 0.25) is 0 Å². The van der Waals surface area contributed by atoms with Gasteiger partial charge < -0.3 is 37.0 Å². The predicted molar refractivity (Wildman–Crippen MR) is 152 cm³/mol. The van der Waals surface area contributed by atoms with Crippen LogP contribution in [0.25, 0.3) is 11.2 Å². The third-order valence-corrected chi connectivity index (χ3v) is 6.28. The number of aliphatic carboxylic acids is 3. The highest BCUT2D eigenvalue weighted by atomic mass is 16.4. The van der Waals surface area contributed by atoms with Crippen molar-refractivity contribution in [2.24, 2.45) is 0 Å². The molecule has 1 aromatic carbocycles. The summed E-state index contributed by atoms with van der Waals surface area (Å²) in [4.78, 5) is 77.4. The van der Waals surface area contributed by atoms with Gasteiger partial charge in [0.15, 0.2) is 22.8 Å². The Kier molecular flexibility index (Phi) is 10.8. The molecule has 43 heavy (non-hydrogen) atoms. The van der Waals surface area contributed by atoms with E-state index in [1.54, 1.807) is 19.2 Å². The molecule has 0 saturated carbocycles. The lowest BCUT2D eigenvalue weighted by Gasteiger charge is -2.20. The van der Waals surface area contributed by atoms with Crippen molar-refractivity contribution in [3.05, 3.63) is 41.7 Å². The number of ketones is 1. The number of Topliss-reactive ketones (excluding diaryl/α,β-unsaturated/α-hetero) is 1. The minimum atomic E-state index is -1.35. The lowest BCUT2D eigenvalue weighted by atomic mass is 10.0. The zero-order chi connectivity index (χ0) is 31.7. The fraction of sp³-hybridized carbons (Fsp3) is 0.346. The zero-order valence-electron chi connectivity index (χ0n) is 23.1. The molecule has 0 fully saturated rings. The third-order valence-electron chi connectivity index (χ3n) is 6.28. The van der Waals surface area contributed by atoms with Gasteiger partial charge in [0.1, 0.15) is 6.04 Å². The Hall–Kier alpha value is -5.45. The summed E-state index contributed by atoms with van der Waals surface area (Å²) in [5.74, 6) is -4.94. The molecular weight excluding hydrogens is 566 g/mol. The molecular formula is C26H31N9O8. The first-order chi connectivity index (χ1) is 20.3. The number of benzene rings is 1. The summed E-state index contributed by atoms with van der Waals surface area (Å²) >= 11 is 0. The van der Waals surface area contributed by atoms with E-state index in [4.69, 9.17) is 21.7 Å². The Labute approximate surface area is 244 Å². The molecule has 0 radical (unpaired) electrons. The highest BCUT2D eigenvalue weighted by Crippen LogP contribution is 2.19. The first kappa shape index (κ1) is 32.1. The number of nitrogens with one attached hydrogen (secondary N) is 2. The maximum Gasteiger partial charge on any atom is 0.320 e. The molecule has 0 bridgehead atoms. The molecule has 2 aromatic heterocycles. The van der Waals surface area contributed by atoms with Gasteiger partial charge >= 0.3 is 17.9 Å². The number of hydrogen-bond donors (Lipinski definition) is 7. The lowest BCUT2D eigenvalue weighted by Crippen LogP contribution is -2.48. The van der Waals surface area contributed by atoms with Crippen molar-refractivity contribution in [3.63, 3.8) is 0 Å². The molecule has 0 aliphatic carbocycles. The van der Waals surface area contributed by atoms with Crippen molar-refractivity contribution in [2.45, 2.75) is 44.3 Å². The number of nitrogens with two attached hydrogens (primary N) is 2. The van der Waals surface area contributed by atoms with Crippen LogP contribution in [0.4, 0.5) is 17.5 Å². The van der Waals surface area contributed by atoms with Crippen LogP contribution in [-0.2, 0) is 25.7 Å². The van der Waals surface area contributed by atoms with E-state index in [0.717, 1.165) is 0 Å². The standard InChI is InChI=1S/C26H31N9O8/c1-35(12-14-10-30-23-21(31-14)22(27)33-26(28)34-23)15-4-2-13(3-5-15)24(41)32-16(6-8-19(37)38)18(36)11-29-17(25(42)43)7-9-20(39)40/h2-5,10,16-17,29H,6-9,11-12H2,1H3,(H,32,41)(H,37,38)(H,39,40)(H,42,43)(H4,27,28,30,33,34)/t16?,17-/m0/s1. The number of carboxylic acids is 3. The molecule has 3 aromatic rings. The van der Waals surface area contributed by atoms with Crippen molar-refractivity contribution < 1.29 is 39.3 Å². The Bertz CT molecular complexity index is 1520. The summed E-state index contributed by atoms with van der Waals surface area (Å²) in [6.45, 7) is -0.200. The second-order valence-corrected chi connectivity index (χ2v) is 9.53. The summed E-state index contributed by atoms with van der Waals surface area (Å²) < 4.78 is 0. The van der Waals surface area contributed by atoms with Crippen LogP contribution in [0.15, 0.2) is 30.5 Å². The minimum absolute atomic E-state index is 0.0117. The molecule has 0 aliphatic rings. The lowest BCUT2D eigenvalue weighted by molar-refractivity contribution is -0.141. The molecule has 17 nitrogen and oxygen atoms in total. The summed E-state index contributed by atoms with van der Waals surface area (Å²) in [5, 5.41) is 32.1.